The van der Waals surface area contributed by atoms with Gasteiger partial charge in [-0.3, -0.25) is 4.90 Å². The van der Waals surface area contributed by atoms with Gasteiger partial charge < -0.3 is 10.0 Å². The molecule has 17 heavy (non-hydrogen) atoms. The maximum Gasteiger partial charge on any atom is 0.488 e. The summed E-state index contributed by atoms with van der Waals surface area (Å²) in [6, 6.07) is 7.93. The minimum absolute atomic E-state index is 0.526. The Kier molecular flexibility index (Phi) is 5.18. The summed E-state index contributed by atoms with van der Waals surface area (Å²) in [6.45, 7) is 7.52. The van der Waals surface area contributed by atoms with Crippen LogP contribution in [0.1, 0.15) is 26.3 Å². The third-order valence-corrected chi connectivity index (χ3v) is 3.37. The van der Waals surface area contributed by atoms with Crippen molar-refractivity contribution in [2.45, 2.75) is 33.4 Å². The molecule has 0 saturated carbocycles. The second-order valence-electron chi connectivity index (χ2n) is 5.01. The van der Waals surface area contributed by atoms with E-state index in [1.807, 2.05) is 12.1 Å². The molecule has 1 unspecified atom stereocenters. The van der Waals surface area contributed by atoms with Gasteiger partial charge in [0.1, 0.15) is 0 Å². The Bertz CT molecular complexity index is 338. The van der Waals surface area contributed by atoms with Crippen LogP contribution in [0.25, 0.3) is 0 Å². The lowest BCUT2D eigenvalue weighted by Crippen LogP contribution is -2.33. The van der Waals surface area contributed by atoms with Gasteiger partial charge in [0.05, 0.1) is 0 Å². The number of benzene rings is 1. The Balaban J connectivity index is 2.63. The molecule has 0 aromatic heterocycles. The fourth-order valence-corrected chi connectivity index (χ4v) is 1.74. The summed E-state index contributed by atoms with van der Waals surface area (Å²) in [5.74, 6) is 0.624. The van der Waals surface area contributed by atoms with Crippen LogP contribution in [-0.4, -0.2) is 35.2 Å². The summed E-state index contributed by atoms with van der Waals surface area (Å²) < 4.78 is 0. The Labute approximate surface area is 104 Å². The van der Waals surface area contributed by atoms with E-state index in [-0.39, 0.29) is 0 Å². The van der Waals surface area contributed by atoms with Crippen molar-refractivity contribution in [3.63, 3.8) is 0 Å². The maximum absolute atomic E-state index is 9.00. The molecule has 0 spiro atoms. The molecule has 1 aromatic rings. The molecule has 0 fully saturated rings. The van der Waals surface area contributed by atoms with Crippen LogP contribution in [0, 0.1) is 5.92 Å². The van der Waals surface area contributed by atoms with E-state index in [4.69, 9.17) is 10.0 Å². The summed E-state index contributed by atoms with van der Waals surface area (Å²) >= 11 is 0. The molecule has 4 heteroatoms. The number of hydrogen-bond acceptors (Lipinski definition) is 3. The van der Waals surface area contributed by atoms with Crippen LogP contribution in [0.3, 0.4) is 0 Å². The number of hydrogen-bond donors (Lipinski definition) is 2. The van der Waals surface area contributed by atoms with Gasteiger partial charge in [-0.15, -0.1) is 0 Å². The average Bonchev–Trinajstić information content (AvgIpc) is 2.28. The highest BCUT2D eigenvalue weighted by Gasteiger charge is 2.14. The molecular formula is C13H22BNO2. The topological polar surface area (TPSA) is 43.7 Å². The van der Waals surface area contributed by atoms with Crippen LogP contribution in [0.2, 0.25) is 0 Å². The highest BCUT2D eigenvalue weighted by Crippen LogP contribution is 2.11. The Morgan fingerprint density at radius 3 is 2.06 bits per heavy atom. The van der Waals surface area contributed by atoms with Crippen LogP contribution >= 0.6 is 0 Å². The molecule has 1 rings (SSSR count). The van der Waals surface area contributed by atoms with Gasteiger partial charge in [0, 0.05) is 12.6 Å². The number of nitrogens with zero attached hydrogens (tertiary/aromatic N) is 1. The lowest BCUT2D eigenvalue weighted by Gasteiger charge is -2.27. The monoisotopic (exact) mass is 235 g/mol. The molecule has 0 saturated heterocycles. The van der Waals surface area contributed by atoms with Crippen LogP contribution in [-0.2, 0) is 6.54 Å². The first kappa shape index (κ1) is 14.2. The van der Waals surface area contributed by atoms with Crippen molar-refractivity contribution in [2.75, 3.05) is 7.05 Å². The largest absolute Gasteiger partial charge is 0.488 e. The van der Waals surface area contributed by atoms with Crippen molar-refractivity contribution in [2.24, 2.45) is 5.92 Å². The SMILES string of the molecule is CC(C)C(C)N(C)Cc1ccc(B(O)O)cc1. The quantitative estimate of drug-likeness (QED) is 0.743. The normalized spacial score (nSPS) is 13.2. The fraction of sp³-hybridized carbons (Fsp3) is 0.538. The van der Waals surface area contributed by atoms with Crippen molar-refractivity contribution < 1.29 is 10.0 Å². The van der Waals surface area contributed by atoms with E-state index in [0.717, 1.165) is 6.54 Å². The minimum Gasteiger partial charge on any atom is -0.423 e. The summed E-state index contributed by atoms with van der Waals surface area (Å²) in [6.07, 6.45) is 0. The molecule has 0 radical (unpaired) electrons. The lowest BCUT2D eigenvalue weighted by atomic mass is 9.80. The van der Waals surface area contributed by atoms with Crippen molar-refractivity contribution in [1.82, 2.24) is 4.90 Å². The Morgan fingerprint density at radius 2 is 1.65 bits per heavy atom. The van der Waals surface area contributed by atoms with Gasteiger partial charge in [-0.1, -0.05) is 38.1 Å². The van der Waals surface area contributed by atoms with E-state index < -0.39 is 7.12 Å². The van der Waals surface area contributed by atoms with Gasteiger partial charge in [-0.25, -0.2) is 0 Å². The predicted octanol–water partition coefficient (Wildman–Crippen LogP) is 0.843. The molecular weight excluding hydrogens is 213 g/mol. The molecule has 94 valence electrons. The Morgan fingerprint density at radius 1 is 1.12 bits per heavy atom. The molecule has 3 nitrogen and oxygen atoms in total. The van der Waals surface area contributed by atoms with Crippen LogP contribution in [0.15, 0.2) is 24.3 Å². The molecule has 1 atom stereocenters. The second kappa shape index (κ2) is 6.19. The summed E-state index contributed by atoms with van der Waals surface area (Å²) in [7, 11) is 0.732. The maximum atomic E-state index is 9.00. The molecule has 1 aromatic carbocycles. The van der Waals surface area contributed by atoms with Gasteiger partial charge in [0.25, 0.3) is 0 Å². The summed E-state index contributed by atoms with van der Waals surface area (Å²) in [5.41, 5.74) is 1.72. The predicted molar refractivity (Wildman–Crippen MR) is 72.0 cm³/mol. The zero-order valence-corrected chi connectivity index (χ0v) is 11.1. The highest BCUT2D eigenvalue weighted by atomic mass is 16.4. The summed E-state index contributed by atoms with van der Waals surface area (Å²) in [4.78, 5) is 2.30. The third kappa shape index (κ3) is 4.15. The molecule has 0 aliphatic carbocycles. The average molecular weight is 235 g/mol. The summed E-state index contributed by atoms with van der Waals surface area (Å²) in [5, 5.41) is 18.0. The lowest BCUT2D eigenvalue weighted by molar-refractivity contribution is 0.200. The van der Waals surface area contributed by atoms with E-state index in [1.165, 1.54) is 5.56 Å². The highest BCUT2D eigenvalue weighted by molar-refractivity contribution is 6.58. The standard InChI is InChI=1S/C13H22BNO2/c1-10(2)11(3)15(4)9-12-5-7-13(8-6-12)14(16)17/h5-8,10-11,16-17H,9H2,1-4H3. The van der Waals surface area contributed by atoms with Crippen molar-refractivity contribution >= 4 is 12.6 Å². The third-order valence-electron chi connectivity index (χ3n) is 3.37. The van der Waals surface area contributed by atoms with Crippen LogP contribution < -0.4 is 5.46 Å². The molecule has 0 amide bonds. The smallest absolute Gasteiger partial charge is 0.423 e. The first-order chi connectivity index (χ1) is 7.91. The van der Waals surface area contributed by atoms with E-state index in [9.17, 15) is 0 Å². The van der Waals surface area contributed by atoms with Crippen LogP contribution in [0.4, 0.5) is 0 Å². The minimum atomic E-state index is -1.38. The molecule has 0 bridgehead atoms. The van der Waals surface area contributed by atoms with Gasteiger partial charge in [-0.05, 0) is 30.9 Å². The van der Waals surface area contributed by atoms with E-state index in [1.54, 1.807) is 12.1 Å². The van der Waals surface area contributed by atoms with Gasteiger partial charge in [0.2, 0.25) is 0 Å². The van der Waals surface area contributed by atoms with E-state index in [2.05, 4.69) is 32.7 Å². The van der Waals surface area contributed by atoms with Crippen molar-refractivity contribution in [1.29, 1.82) is 0 Å². The molecule has 0 aliphatic rings. The van der Waals surface area contributed by atoms with E-state index >= 15 is 0 Å². The van der Waals surface area contributed by atoms with Gasteiger partial charge >= 0.3 is 7.12 Å². The Hall–Kier alpha value is -0.835. The zero-order chi connectivity index (χ0) is 13.0. The fourth-order valence-electron chi connectivity index (χ4n) is 1.74. The van der Waals surface area contributed by atoms with Crippen LogP contribution in [0.5, 0.6) is 0 Å². The number of rotatable bonds is 5. The zero-order valence-electron chi connectivity index (χ0n) is 11.1. The van der Waals surface area contributed by atoms with Gasteiger partial charge in [-0.2, -0.15) is 0 Å². The van der Waals surface area contributed by atoms with Crippen molar-refractivity contribution in [3.05, 3.63) is 29.8 Å². The molecule has 0 aliphatic heterocycles. The first-order valence-corrected chi connectivity index (χ1v) is 6.07. The molecule has 0 heterocycles. The van der Waals surface area contributed by atoms with Gasteiger partial charge in [0.15, 0.2) is 0 Å². The molecule has 2 N–H and O–H groups in total. The second-order valence-corrected chi connectivity index (χ2v) is 5.01. The van der Waals surface area contributed by atoms with E-state index in [0.29, 0.717) is 17.4 Å². The first-order valence-electron chi connectivity index (χ1n) is 6.07. The van der Waals surface area contributed by atoms with Crippen molar-refractivity contribution in [3.8, 4) is 0 Å².